The summed E-state index contributed by atoms with van der Waals surface area (Å²) in [5, 5.41) is 8.54. The monoisotopic (exact) mass is 301 g/mol. The number of hydrogen-bond donors (Lipinski definition) is 2. The molecule has 2 N–H and O–H groups in total. The van der Waals surface area contributed by atoms with E-state index in [0.29, 0.717) is 6.54 Å². The highest BCUT2D eigenvalue weighted by atomic mass is 32.1. The van der Waals surface area contributed by atoms with Crippen molar-refractivity contribution < 1.29 is 9.59 Å². The first-order chi connectivity index (χ1) is 10.1. The number of hydrogen-bond acceptors (Lipinski definition) is 4. The van der Waals surface area contributed by atoms with Crippen molar-refractivity contribution in [1.82, 2.24) is 10.3 Å². The van der Waals surface area contributed by atoms with E-state index in [9.17, 15) is 9.59 Å². The van der Waals surface area contributed by atoms with E-state index >= 15 is 0 Å². The first kappa shape index (κ1) is 13.8. The normalized spacial score (nSPS) is 17.6. The molecule has 1 atom stereocenters. The van der Waals surface area contributed by atoms with Gasteiger partial charge in [0.25, 0.3) is 0 Å². The second kappa shape index (κ2) is 5.65. The van der Waals surface area contributed by atoms with Gasteiger partial charge in [-0.15, -0.1) is 11.3 Å². The predicted octanol–water partition coefficient (Wildman–Crippen LogP) is 2.19. The van der Waals surface area contributed by atoms with Gasteiger partial charge in [0, 0.05) is 29.6 Å². The minimum atomic E-state index is -0.279. The zero-order valence-corrected chi connectivity index (χ0v) is 12.4. The van der Waals surface area contributed by atoms with Crippen LogP contribution in [0.3, 0.4) is 0 Å². The third-order valence-corrected chi connectivity index (χ3v) is 4.19. The molecule has 0 spiro atoms. The van der Waals surface area contributed by atoms with Crippen molar-refractivity contribution in [3.8, 4) is 11.3 Å². The second-order valence-corrected chi connectivity index (χ2v) is 6.09. The maximum Gasteiger partial charge on any atom is 0.229 e. The number of thiazole rings is 1. The number of carbonyl (C=O) groups excluding carboxylic acids is 2. The van der Waals surface area contributed by atoms with Crippen molar-refractivity contribution in [2.24, 2.45) is 5.92 Å². The van der Waals surface area contributed by atoms with Crippen LogP contribution in [-0.2, 0) is 9.59 Å². The Balaban J connectivity index is 1.67. The molecule has 6 heteroatoms. The van der Waals surface area contributed by atoms with Crippen LogP contribution >= 0.6 is 11.3 Å². The molecule has 0 aliphatic carbocycles. The molecule has 1 aliphatic rings. The summed E-state index contributed by atoms with van der Waals surface area (Å²) in [5.41, 5.74) is 2.70. The molecule has 1 aromatic carbocycles. The third kappa shape index (κ3) is 3.11. The van der Waals surface area contributed by atoms with Crippen LogP contribution in [0.1, 0.15) is 11.4 Å². The molecule has 1 aliphatic heterocycles. The first-order valence-electron chi connectivity index (χ1n) is 6.72. The average Bonchev–Trinajstić information content (AvgIpc) is 3.08. The van der Waals surface area contributed by atoms with E-state index in [2.05, 4.69) is 15.6 Å². The van der Waals surface area contributed by atoms with E-state index in [1.165, 1.54) is 0 Å². The van der Waals surface area contributed by atoms with E-state index in [1.807, 2.05) is 36.6 Å². The standard InChI is InChI=1S/C15H15N3O2S/c1-9-17-13(8-21-9)10-2-4-12(5-3-10)18-15(20)11-6-14(19)16-7-11/h2-5,8,11H,6-7H2,1H3,(H,16,19)(H,18,20). The number of amides is 2. The molecule has 0 bridgehead atoms. The third-order valence-electron chi connectivity index (χ3n) is 3.42. The molecule has 2 heterocycles. The van der Waals surface area contributed by atoms with Crippen LogP contribution in [0.15, 0.2) is 29.6 Å². The summed E-state index contributed by atoms with van der Waals surface area (Å²) in [6, 6.07) is 7.57. The van der Waals surface area contributed by atoms with E-state index in [-0.39, 0.29) is 24.2 Å². The maximum atomic E-state index is 12.0. The molecule has 2 amide bonds. The summed E-state index contributed by atoms with van der Waals surface area (Å²) in [7, 11) is 0. The van der Waals surface area contributed by atoms with Crippen molar-refractivity contribution in [1.29, 1.82) is 0 Å². The second-order valence-electron chi connectivity index (χ2n) is 5.02. The van der Waals surface area contributed by atoms with Crippen molar-refractivity contribution in [3.63, 3.8) is 0 Å². The van der Waals surface area contributed by atoms with Gasteiger partial charge in [-0.3, -0.25) is 9.59 Å². The lowest BCUT2D eigenvalue weighted by atomic mass is 10.1. The minimum Gasteiger partial charge on any atom is -0.355 e. The first-order valence-corrected chi connectivity index (χ1v) is 7.60. The summed E-state index contributed by atoms with van der Waals surface area (Å²) in [5.74, 6) is -0.464. The number of nitrogens with zero attached hydrogens (tertiary/aromatic N) is 1. The highest BCUT2D eigenvalue weighted by molar-refractivity contribution is 7.09. The number of rotatable bonds is 3. The van der Waals surface area contributed by atoms with Crippen LogP contribution in [-0.4, -0.2) is 23.3 Å². The lowest BCUT2D eigenvalue weighted by Crippen LogP contribution is -2.24. The molecule has 3 rings (SSSR count). The number of benzene rings is 1. The number of nitrogens with one attached hydrogen (secondary N) is 2. The number of aromatic nitrogens is 1. The van der Waals surface area contributed by atoms with Gasteiger partial charge in [-0.05, 0) is 19.1 Å². The zero-order valence-electron chi connectivity index (χ0n) is 11.6. The summed E-state index contributed by atoms with van der Waals surface area (Å²) in [6.45, 7) is 2.39. The molecular formula is C15H15N3O2S. The largest absolute Gasteiger partial charge is 0.355 e. The summed E-state index contributed by atoms with van der Waals surface area (Å²) in [6.07, 6.45) is 0.266. The van der Waals surface area contributed by atoms with E-state index in [0.717, 1.165) is 22.0 Å². The van der Waals surface area contributed by atoms with Crippen LogP contribution in [0.5, 0.6) is 0 Å². The van der Waals surface area contributed by atoms with Crippen molar-refractivity contribution in [2.75, 3.05) is 11.9 Å². The summed E-state index contributed by atoms with van der Waals surface area (Å²) >= 11 is 1.61. The van der Waals surface area contributed by atoms with Crippen LogP contribution in [0.2, 0.25) is 0 Å². The van der Waals surface area contributed by atoms with Gasteiger partial charge >= 0.3 is 0 Å². The Morgan fingerprint density at radius 3 is 2.71 bits per heavy atom. The fourth-order valence-electron chi connectivity index (χ4n) is 2.26. The van der Waals surface area contributed by atoms with Crippen molar-refractivity contribution in [3.05, 3.63) is 34.7 Å². The van der Waals surface area contributed by atoms with Gasteiger partial charge in [0.2, 0.25) is 11.8 Å². The molecule has 1 unspecified atom stereocenters. The van der Waals surface area contributed by atoms with Gasteiger partial charge in [0.05, 0.1) is 16.6 Å². The molecule has 108 valence electrons. The predicted molar refractivity (Wildman–Crippen MR) is 82.0 cm³/mol. The molecule has 0 saturated carbocycles. The van der Waals surface area contributed by atoms with E-state index in [1.54, 1.807) is 11.3 Å². The zero-order chi connectivity index (χ0) is 14.8. The maximum absolute atomic E-state index is 12.0. The molecule has 21 heavy (non-hydrogen) atoms. The van der Waals surface area contributed by atoms with Gasteiger partial charge in [-0.2, -0.15) is 0 Å². The van der Waals surface area contributed by atoms with Crippen LogP contribution in [0.25, 0.3) is 11.3 Å². The Morgan fingerprint density at radius 2 is 2.14 bits per heavy atom. The number of aryl methyl sites for hydroxylation is 1. The molecule has 5 nitrogen and oxygen atoms in total. The Hall–Kier alpha value is -2.21. The molecule has 1 aromatic heterocycles. The van der Waals surface area contributed by atoms with Gasteiger partial charge in [0.1, 0.15) is 0 Å². The fourth-order valence-corrected chi connectivity index (χ4v) is 2.88. The fraction of sp³-hybridized carbons (Fsp3) is 0.267. The minimum absolute atomic E-state index is 0.0654. The van der Waals surface area contributed by atoms with Crippen LogP contribution in [0, 0.1) is 12.8 Å². The van der Waals surface area contributed by atoms with Crippen LogP contribution in [0.4, 0.5) is 5.69 Å². The summed E-state index contributed by atoms with van der Waals surface area (Å²) < 4.78 is 0. The van der Waals surface area contributed by atoms with Crippen molar-refractivity contribution in [2.45, 2.75) is 13.3 Å². The highest BCUT2D eigenvalue weighted by Crippen LogP contribution is 2.23. The topological polar surface area (TPSA) is 71.1 Å². The lowest BCUT2D eigenvalue weighted by molar-refractivity contribution is -0.123. The molecular weight excluding hydrogens is 286 g/mol. The number of carbonyl (C=O) groups is 2. The molecule has 2 aromatic rings. The molecule has 0 radical (unpaired) electrons. The van der Waals surface area contributed by atoms with E-state index in [4.69, 9.17) is 0 Å². The van der Waals surface area contributed by atoms with Gasteiger partial charge in [-0.1, -0.05) is 12.1 Å². The lowest BCUT2D eigenvalue weighted by Gasteiger charge is -2.09. The van der Waals surface area contributed by atoms with Crippen molar-refractivity contribution >= 4 is 28.8 Å². The Morgan fingerprint density at radius 1 is 1.38 bits per heavy atom. The Kier molecular flexibility index (Phi) is 3.70. The summed E-state index contributed by atoms with van der Waals surface area (Å²) in [4.78, 5) is 27.5. The van der Waals surface area contributed by atoms with Gasteiger partial charge in [-0.25, -0.2) is 4.98 Å². The Bertz CT molecular complexity index is 678. The molecule has 1 fully saturated rings. The molecule has 1 saturated heterocycles. The average molecular weight is 301 g/mol. The SMILES string of the molecule is Cc1nc(-c2ccc(NC(=O)C3CNC(=O)C3)cc2)cs1. The smallest absolute Gasteiger partial charge is 0.229 e. The van der Waals surface area contributed by atoms with Gasteiger partial charge < -0.3 is 10.6 Å². The van der Waals surface area contributed by atoms with Crippen LogP contribution < -0.4 is 10.6 Å². The van der Waals surface area contributed by atoms with Gasteiger partial charge in [0.15, 0.2) is 0 Å². The van der Waals surface area contributed by atoms with E-state index < -0.39 is 0 Å². The highest BCUT2D eigenvalue weighted by Gasteiger charge is 2.27. The quantitative estimate of drug-likeness (QED) is 0.913. The Labute approximate surface area is 126 Å². The number of anilines is 1.